The van der Waals surface area contributed by atoms with Crippen LogP contribution < -0.4 is 5.43 Å². The minimum atomic E-state index is -0.712. The van der Waals surface area contributed by atoms with Gasteiger partial charge in [-0.05, 0) is 17.7 Å². The Labute approximate surface area is 107 Å². The molecule has 6 nitrogen and oxygen atoms in total. The van der Waals surface area contributed by atoms with Crippen LogP contribution in [0.1, 0.15) is 12.0 Å². The van der Waals surface area contributed by atoms with Gasteiger partial charge in [0.05, 0.1) is 29.0 Å². The van der Waals surface area contributed by atoms with Crippen LogP contribution in [-0.2, 0) is 0 Å². The van der Waals surface area contributed by atoms with E-state index in [2.05, 4.69) is 4.98 Å². The maximum Gasteiger partial charge on any atom is 0.332 e. The van der Waals surface area contributed by atoms with Gasteiger partial charge in [-0.25, -0.2) is 0 Å². The zero-order valence-corrected chi connectivity index (χ0v) is 9.79. The van der Waals surface area contributed by atoms with Gasteiger partial charge in [-0.1, -0.05) is 18.2 Å². The van der Waals surface area contributed by atoms with E-state index in [1.807, 2.05) is 6.07 Å². The van der Waals surface area contributed by atoms with E-state index in [-0.39, 0.29) is 11.8 Å². The summed E-state index contributed by atoms with van der Waals surface area (Å²) in [7, 11) is 0. The Hall–Kier alpha value is -2.94. The van der Waals surface area contributed by atoms with Crippen LogP contribution in [0.25, 0.3) is 17.0 Å². The molecule has 0 aliphatic rings. The Balaban J connectivity index is 2.58. The molecule has 0 unspecified atom stereocenters. The molecule has 0 saturated heterocycles. The molecule has 0 fully saturated rings. The number of aromatic amines is 1. The molecule has 0 aliphatic carbocycles. The highest BCUT2D eigenvalue weighted by Crippen LogP contribution is 2.15. The molecule has 2 aromatic rings. The SMILES string of the molecule is N#CCC=Cc1ccc2[nH]cc([N+](=O)[O-])c(=O)c2c1. The lowest BCUT2D eigenvalue weighted by Crippen LogP contribution is -2.09. The fraction of sp³-hybridized carbons (Fsp3) is 0.0769. The third-order valence-corrected chi connectivity index (χ3v) is 2.60. The third kappa shape index (κ3) is 2.50. The highest BCUT2D eigenvalue weighted by atomic mass is 16.6. The van der Waals surface area contributed by atoms with Gasteiger partial charge in [0.2, 0.25) is 0 Å². The van der Waals surface area contributed by atoms with E-state index in [0.717, 1.165) is 6.20 Å². The van der Waals surface area contributed by atoms with Crippen molar-refractivity contribution in [2.24, 2.45) is 0 Å². The minimum Gasteiger partial charge on any atom is -0.355 e. The summed E-state index contributed by atoms with van der Waals surface area (Å²) < 4.78 is 0. The van der Waals surface area contributed by atoms with Gasteiger partial charge >= 0.3 is 5.69 Å². The number of rotatable bonds is 3. The summed E-state index contributed by atoms with van der Waals surface area (Å²) in [6, 6.07) is 6.97. The second-order valence-electron chi connectivity index (χ2n) is 3.83. The van der Waals surface area contributed by atoms with Crippen molar-refractivity contribution in [2.75, 3.05) is 0 Å². The molecule has 1 aromatic carbocycles. The first-order valence-electron chi connectivity index (χ1n) is 5.47. The molecule has 94 valence electrons. The number of nitro groups is 1. The van der Waals surface area contributed by atoms with E-state index in [1.54, 1.807) is 30.4 Å². The topological polar surface area (TPSA) is 99.8 Å². The van der Waals surface area contributed by atoms with Gasteiger partial charge in [0.15, 0.2) is 0 Å². The average molecular weight is 255 g/mol. The van der Waals surface area contributed by atoms with Gasteiger partial charge in [-0.2, -0.15) is 5.26 Å². The molecule has 19 heavy (non-hydrogen) atoms. The molecule has 0 bridgehead atoms. The lowest BCUT2D eigenvalue weighted by atomic mass is 10.1. The highest BCUT2D eigenvalue weighted by Gasteiger charge is 2.14. The van der Waals surface area contributed by atoms with Crippen molar-refractivity contribution in [1.82, 2.24) is 4.98 Å². The number of aromatic nitrogens is 1. The molecular formula is C13H9N3O3. The lowest BCUT2D eigenvalue weighted by Gasteiger charge is -1.99. The Kier molecular flexibility index (Phi) is 3.39. The van der Waals surface area contributed by atoms with Crippen LogP contribution in [0.3, 0.4) is 0 Å². The van der Waals surface area contributed by atoms with Crippen molar-refractivity contribution in [3.8, 4) is 6.07 Å². The lowest BCUT2D eigenvalue weighted by molar-refractivity contribution is -0.386. The van der Waals surface area contributed by atoms with Crippen LogP contribution >= 0.6 is 0 Å². The smallest absolute Gasteiger partial charge is 0.332 e. The molecule has 0 atom stereocenters. The van der Waals surface area contributed by atoms with E-state index in [1.165, 1.54) is 0 Å². The van der Waals surface area contributed by atoms with Crippen molar-refractivity contribution in [3.63, 3.8) is 0 Å². The standard InChI is InChI=1S/C13H9N3O3/c14-6-2-1-3-9-4-5-11-10(7-9)13(17)12(8-15-11)16(18)19/h1,3-5,7-8H,2H2,(H,15,17). The van der Waals surface area contributed by atoms with Gasteiger partial charge in [-0.15, -0.1) is 0 Å². The molecule has 6 heteroatoms. The first kappa shape index (κ1) is 12.5. The number of allylic oxidation sites excluding steroid dienone is 1. The van der Waals surface area contributed by atoms with Crippen molar-refractivity contribution in [2.45, 2.75) is 6.42 Å². The summed E-state index contributed by atoms with van der Waals surface area (Å²) in [6.45, 7) is 0. The number of fused-ring (bicyclic) bond motifs is 1. The Morgan fingerprint density at radius 3 is 2.95 bits per heavy atom. The largest absolute Gasteiger partial charge is 0.355 e. The first-order valence-corrected chi connectivity index (χ1v) is 5.47. The van der Waals surface area contributed by atoms with Crippen LogP contribution in [0.15, 0.2) is 35.3 Å². The predicted molar refractivity (Wildman–Crippen MR) is 70.5 cm³/mol. The maximum absolute atomic E-state index is 11.9. The van der Waals surface area contributed by atoms with Gasteiger partial charge in [0.1, 0.15) is 0 Å². The van der Waals surface area contributed by atoms with E-state index in [4.69, 9.17) is 5.26 Å². The third-order valence-electron chi connectivity index (χ3n) is 2.60. The summed E-state index contributed by atoms with van der Waals surface area (Å²) >= 11 is 0. The molecular weight excluding hydrogens is 246 g/mol. The summed E-state index contributed by atoms with van der Waals surface area (Å²) in [6.07, 6.45) is 4.72. The highest BCUT2D eigenvalue weighted by molar-refractivity contribution is 5.82. The van der Waals surface area contributed by atoms with Crippen LogP contribution in [0, 0.1) is 21.4 Å². The zero-order valence-electron chi connectivity index (χ0n) is 9.79. The molecule has 0 saturated carbocycles. The number of pyridine rings is 1. The number of H-pyrrole nitrogens is 1. The molecule has 2 rings (SSSR count). The number of nitrogens with one attached hydrogen (secondary N) is 1. The molecule has 0 radical (unpaired) electrons. The van der Waals surface area contributed by atoms with Crippen LogP contribution in [-0.4, -0.2) is 9.91 Å². The van der Waals surface area contributed by atoms with Gasteiger partial charge in [-0.3, -0.25) is 14.9 Å². The van der Waals surface area contributed by atoms with Crippen molar-refractivity contribution < 1.29 is 4.92 Å². The molecule has 1 heterocycles. The van der Waals surface area contributed by atoms with Crippen molar-refractivity contribution in [1.29, 1.82) is 5.26 Å². The number of nitrogens with zero attached hydrogens (tertiary/aromatic N) is 2. The number of benzene rings is 1. The molecule has 1 N–H and O–H groups in total. The molecule has 0 aliphatic heterocycles. The van der Waals surface area contributed by atoms with E-state index in [0.29, 0.717) is 11.1 Å². The number of nitriles is 1. The van der Waals surface area contributed by atoms with Crippen molar-refractivity contribution in [3.05, 3.63) is 56.4 Å². The average Bonchev–Trinajstić information content (AvgIpc) is 2.39. The second kappa shape index (κ2) is 5.14. The van der Waals surface area contributed by atoms with E-state index in [9.17, 15) is 14.9 Å². The Morgan fingerprint density at radius 2 is 2.26 bits per heavy atom. The second-order valence-corrected chi connectivity index (χ2v) is 3.83. The molecule has 0 spiro atoms. The first-order chi connectivity index (χ1) is 9.13. The molecule has 1 aromatic heterocycles. The number of hydrogen-bond donors (Lipinski definition) is 1. The maximum atomic E-state index is 11.9. The monoisotopic (exact) mass is 255 g/mol. The fourth-order valence-corrected chi connectivity index (χ4v) is 1.71. The normalized spacial score (nSPS) is 10.7. The Morgan fingerprint density at radius 1 is 1.47 bits per heavy atom. The van der Waals surface area contributed by atoms with Crippen LogP contribution in [0.2, 0.25) is 0 Å². The molecule has 0 amide bonds. The van der Waals surface area contributed by atoms with E-state index < -0.39 is 16.0 Å². The minimum absolute atomic E-state index is 0.258. The van der Waals surface area contributed by atoms with Gasteiger partial charge in [0, 0.05) is 5.52 Å². The van der Waals surface area contributed by atoms with Crippen molar-refractivity contribution >= 4 is 22.7 Å². The summed E-state index contributed by atoms with van der Waals surface area (Å²) in [4.78, 5) is 24.6. The summed E-state index contributed by atoms with van der Waals surface area (Å²) in [5.74, 6) is 0. The summed E-state index contributed by atoms with van der Waals surface area (Å²) in [5.41, 5.74) is 0.154. The summed E-state index contributed by atoms with van der Waals surface area (Å²) in [5, 5.41) is 19.4. The zero-order chi connectivity index (χ0) is 13.8. The Bertz CT molecular complexity index is 769. The van der Waals surface area contributed by atoms with Gasteiger partial charge in [0.25, 0.3) is 5.43 Å². The predicted octanol–water partition coefficient (Wildman–Crippen LogP) is 2.36. The van der Waals surface area contributed by atoms with Crippen LogP contribution in [0.5, 0.6) is 0 Å². The van der Waals surface area contributed by atoms with E-state index >= 15 is 0 Å². The van der Waals surface area contributed by atoms with Gasteiger partial charge < -0.3 is 4.98 Å². The number of hydrogen-bond acceptors (Lipinski definition) is 4. The quantitative estimate of drug-likeness (QED) is 0.672. The fourth-order valence-electron chi connectivity index (χ4n) is 1.71. The van der Waals surface area contributed by atoms with Crippen LogP contribution in [0.4, 0.5) is 5.69 Å².